The first-order chi connectivity index (χ1) is 11.6. The molecule has 1 N–H and O–H groups in total. The number of rotatable bonds is 8. The molecule has 2 aromatic carbocycles. The van der Waals surface area contributed by atoms with Gasteiger partial charge in [-0.15, -0.1) is 0 Å². The van der Waals surface area contributed by atoms with Crippen molar-refractivity contribution in [1.29, 1.82) is 0 Å². The van der Waals surface area contributed by atoms with E-state index in [9.17, 15) is 9.18 Å². The Morgan fingerprint density at radius 3 is 2.29 bits per heavy atom. The summed E-state index contributed by atoms with van der Waals surface area (Å²) in [5.41, 5.74) is 0.510. The first kappa shape index (κ1) is 17.6. The average molecular weight is 333 g/mol. The van der Waals surface area contributed by atoms with Gasteiger partial charge in [0.05, 0.1) is 18.9 Å². The van der Waals surface area contributed by atoms with E-state index in [0.29, 0.717) is 36.1 Å². The normalized spacial score (nSPS) is 10.1. The number of nitrogens with one attached hydrogen (secondary N) is 1. The van der Waals surface area contributed by atoms with Crippen LogP contribution >= 0.6 is 0 Å². The molecule has 0 aromatic heterocycles. The largest absolute Gasteiger partial charge is 0.494 e. The minimum atomic E-state index is -0.360. The lowest BCUT2D eigenvalue weighted by Gasteiger charge is -2.14. The van der Waals surface area contributed by atoms with Crippen molar-refractivity contribution in [3.63, 3.8) is 0 Å². The van der Waals surface area contributed by atoms with Crippen LogP contribution < -0.4 is 19.5 Å². The summed E-state index contributed by atoms with van der Waals surface area (Å²) in [6.45, 7) is 4.54. The first-order valence-electron chi connectivity index (χ1n) is 7.70. The zero-order valence-corrected chi connectivity index (χ0v) is 13.7. The van der Waals surface area contributed by atoms with Crippen LogP contribution in [-0.2, 0) is 4.79 Å². The van der Waals surface area contributed by atoms with E-state index in [-0.39, 0.29) is 18.3 Å². The molecular formula is C18H20FNO4. The number of hydrogen-bond acceptors (Lipinski definition) is 4. The number of hydrogen-bond donors (Lipinski definition) is 1. The molecule has 0 spiro atoms. The highest BCUT2D eigenvalue weighted by Crippen LogP contribution is 2.29. The predicted molar refractivity (Wildman–Crippen MR) is 89.3 cm³/mol. The van der Waals surface area contributed by atoms with Gasteiger partial charge in [-0.05, 0) is 50.2 Å². The van der Waals surface area contributed by atoms with Crippen LogP contribution in [0.2, 0.25) is 0 Å². The molecule has 6 heteroatoms. The van der Waals surface area contributed by atoms with Crippen LogP contribution in [0.1, 0.15) is 13.8 Å². The molecule has 0 heterocycles. The first-order valence-corrected chi connectivity index (χ1v) is 7.70. The molecule has 0 saturated heterocycles. The minimum Gasteiger partial charge on any atom is -0.494 e. The second-order valence-electron chi connectivity index (χ2n) is 4.81. The summed E-state index contributed by atoms with van der Waals surface area (Å²) in [6, 6.07) is 10.7. The maximum Gasteiger partial charge on any atom is 0.262 e. The van der Waals surface area contributed by atoms with Crippen LogP contribution in [0, 0.1) is 5.82 Å². The number of benzene rings is 2. The number of anilines is 1. The fraction of sp³-hybridized carbons (Fsp3) is 0.278. The van der Waals surface area contributed by atoms with Crippen molar-refractivity contribution < 1.29 is 23.4 Å². The van der Waals surface area contributed by atoms with Gasteiger partial charge in [0.15, 0.2) is 6.61 Å². The van der Waals surface area contributed by atoms with Gasteiger partial charge in [-0.25, -0.2) is 4.39 Å². The summed E-state index contributed by atoms with van der Waals surface area (Å²) in [7, 11) is 0. The van der Waals surface area contributed by atoms with Crippen molar-refractivity contribution in [3.05, 3.63) is 48.3 Å². The van der Waals surface area contributed by atoms with E-state index >= 15 is 0 Å². The molecule has 0 bridgehead atoms. The van der Waals surface area contributed by atoms with Gasteiger partial charge in [0, 0.05) is 6.07 Å². The van der Waals surface area contributed by atoms with Gasteiger partial charge in [0.25, 0.3) is 5.91 Å². The van der Waals surface area contributed by atoms with Crippen molar-refractivity contribution >= 4 is 11.6 Å². The maximum absolute atomic E-state index is 12.8. The number of carbonyl (C=O) groups excluding carboxylic acids is 1. The zero-order valence-electron chi connectivity index (χ0n) is 13.7. The van der Waals surface area contributed by atoms with Crippen LogP contribution in [0.25, 0.3) is 0 Å². The predicted octanol–water partition coefficient (Wildman–Crippen LogP) is 3.64. The van der Waals surface area contributed by atoms with E-state index in [4.69, 9.17) is 14.2 Å². The smallest absolute Gasteiger partial charge is 0.262 e. The van der Waals surface area contributed by atoms with E-state index in [0.717, 1.165) is 0 Å². The van der Waals surface area contributed by atoms with E-state index in [1.807, 2.05) is 13.8 Å². The Kier molecular flexibility index (Phi) is 6.42. The van der Waals surface area contributed by atoms with Crippen molar-refractivity contribution in [2.75, 3.05) is 25.1 Å². The van der Waals surface area contributed by atoms with Crippen LogP contribution in [0.4, 0.5) is 10.1 Å². The third-order valence-electron chi connectivity index (χ3n) is 3.02. The molecule has 5 nitrogen and oxygen atoms in total. The maximum atomic E-state index is 12.8. The van der Waals surface area contributed by atoms with Crippen molar-refractivity contribution in [1.82, 2.24) is 0 Å². The quantitative estimate of drug-likeness (QED) is 0.801. The fourth-order valence-electron chi connectivity index (χ4n) is 2.01. The lowest BCUT2D eigenvalue weighted by atomic mass is 10.2. The molecule has 1 amide bonds. The molecule has 2 aromatic rings. The molecule has 2 rings (SSSR count). The second-order valence-corrected chi connectivity index (χ2v) is 4.81. The molecule has 0 aliphatic heterocycles. The van der Waals surface area contributed by atoms with Gasteiger partial charge in [-0.1, -0.05) is 0 Å². The molecule has 128 valence electrons. The Balaban J connectivity index is 2.00. The second kappa shape index (κ2) is 8.76. The summed E-state index contributed by atoms with van der Waals surface area (Å²) in [4.78, 5) is 12.1. The van der Waals surface area contributed by atoms with Crippen LogP contribution in [0.15, 0.2) is 42.5 Å². The molecule has 0 fully saturated rings. The van der Waals surface area contributed by atoms with Gasteiger partial charge in [0.1, 0.15) is 23.1 Å². The van der Waals surface area contributed by atoms with Crippen molar-refractivity contribution in [2.45, 2.75) is 13.8 Å². The van der Waals surface area contributed by atoms with Crippen molar-refractivity contribution in [2.24, 2.45) is 0 Å². The van der Waals surface area contributed by atoms with Gasteiger partial charge in [-0.2, -0.15) is 0 Å². The molecule has 24 heavy (non-hydrogen) atoms. The topological polar surface area (TPSA) is 56.8 Å². The molecule has 0 unspecified atom stereocenters. The summed E-state index contributed by atoms with van der Waals surface area (Å²) < 4.78 is 29.1. The lowest BCUT2D eigenvalue weighted by Crippen LogP contribution is -2.20. The Morgan fingerprint density at radius 2 is 1.62 bits per heavy atom. The van der Waals surface area contributed by atoms with E-state index in [2.05, 4.69) is 5.32 Å². The third-order valence-corrected chi connectivity index (χ3v) is 3.02. The highest BCUT2D eigenvalue weighted by Gasteiger charge is 2.10. The highest BCUT2D eigenvalue weighted by molar-refractivity contribution is 5.93. The van der Waals surface area contributed by atoms with E-state index in [1.54, 1.807) is 18.2 Å². The number of amides is 1. The van der Waals surface area contributed by atoms with Crippen LogP contribution in [0.5, 0.6) is 17.2 Å². The molecule has 0 aliphatic carbocycles. The van der Waals surface area contributed by atoms with Gasteiger partial charge >= 0.3 is 0 Å². The zero-order chi connectivity index (χ0) is 17.4. The van der Waals surface area contributed by atoms with Crippen LogP contribution in [-0.4, -0.2) is 25.7 Å². The van der Waals surface area contributed by atoms with E-state index in [1.165, 1.54) is 24.3 Å². The number of ether oxygens (including phenoxy) is 3. The Hall–Kier alpha value is -2.76. The van der Waals surface area contributed by atoms with Crippen molar-refractivity contribution in [3.8, 4) is 17.2 Å². The number of carbonyl (C=O) groups is 1. The van der Waals surface area contributed by atoms with Gasteiger partial charge in [0.2, 0.25) is 0 Å². The fourth-order valence-corrected chi connectivity index (χ4v) is 2.01. The molecule has 0 saturated carbocycles. The van der Waals surface area contributed by atoms with Crippen LogP contribution in [0.3, 0.4) is 0 Å². The Morgan fingerprint density at radius 1 is 0.958 bits per heavy atom. The van der Waals surface area contributed by atoms with Gasteiger partial charge < -0.3 is 19.5 Å². The summed E-state index contributed by atoms with van der Waals surface area (Å²) in [6.07, 6.45) is 0. The highest BCUT2D eigenvalue weighted by atomic mass is 19.1. The lowest BCUT2D eigenvalue weighted by molar-refractivity contribution is -0.118. The monoisotopic (exact) mass is 333 g/mol. The molecule has 0 aliphatic rings. The summed E-state index contributed by atoms with van der Waals surface area (Å²) >= 11 is 0. The summed E-state index contributed by atoms with van der Waals surface area (Å²) in [5.74, 6) is 0.890. The Labute approximate surface area is 140 Å². The standard InChI is InChI=1S/C18H20FNO4/c1-3-22-15-9-10-17(23-4-2)16(11-15)20-18(21)12-24-14-7-5-13(19)6-8-14/h5-11H,3-4,12H2,1-2H3,(H,20,21). The van der Waals surface area contributed by atoms with Gasteiger partial charge in [-0.3, -0.25) is 4.79 Å². The molecule has 0 radical (unpaired) electrons. The minimum absolute atomic E-state index is 0.198. The SMILES string of the molecule is CCOc1ccc(OCC)c(NC(=O)COc2ccc(F)cc2)c1. The molecule has 0 atom stereocenters. The average Bonchev–Trinajstić information content (AvgIpc) is 2.57. The molecular weight excluding hydrogens is 313 g/mol. The summed E-state index contributed by atoms with van der Waals surface area (Å²) in [5, 5.41) is 2.73. The third kappa shape index (κ3) is 5.15. The Bertz CT molecular complexity index is 673. The number of halogens is 1. The van der Waals surface area contributed by atoms with E-state index < -0.39 is 0 Å².